The van der Waals surface area contributed by atoms with Gasteiger partial charge in [0, 0.05) is 12.6 Å². The predicted octanol–water partition coefficient (Wildman–Crippen LogP) is 2.13. The van der Waals surface area contributed by atoms with Crippen molar-refractivity contribution in [3.8, 4) is 0 Å². The molecule has 1 amide bonds. The number of amides is 1. The van der Waals surface area contributed by atoms with Crippen LogP contribution in [0.2, 0.25) is 0 Å². The van der Waals surface area contributed by atoms with Gasteiger partial charge in [-0.05, 0) is 65.0 Å². The largest absolute Gasteiger partial charge is 0.368 e. The molecule has 1 unspecified atom stereocenters. The molecular weight excluding hydrogens is 250 g/mol. The minimum atomic E-state index is -0.577. The van der Waals surface area contributed by atoms with Crippen molar-refractivity contribution in [2.75, 3.05) is 20.1 Å². The molecule has 0 saturated heterocycles. The summed E-state index contributed by atoms with van der Waals surface area (Å²) >= 11 is 0. The molecule has 0 aromatic carbocycles. The summed E-state index contributed by atoms with van der Waals surface area (Å²) in [7, 11) is 2.18. The van der Waals surface area contributed by atoms with Gasteiger partial charge in [-0.25, -0.2) is 0 Å². The van der Waals surface area contributed by atoms with Gasteiger partial charge in [-0.3, -0.25) is 4.79 Å². The highest BCUT2D eigenvalue weighted by Crippen LogP contribution is 2.26. The van der Waals surface area contributed by atoms with E-state index in [1.807, 2.05) is 6.92 Å². The van der Waals surface area contributed by atoms with Crippen molar-refractivity contribution in [2.45, 2.75) is 70.9 Å². The first kappa shape index (κ1) is 17.4. The summed E-state index contributed by atoms with van der Waals surface area (Å²) in [6.07, 6.45) is 7.02. The smallest absolute Gasteiger partial charge is 0.237 e. The molecule has 1 saturated carbocycles. The van der Waals surface area contributed by atoms with Gasteiger partial charge in [0.05, 0.1) is 5.54 Å². The highest BCUT2D eigenvalue weighted by atomic mass is 16.1. The van der Waals surface area contributed by atoms with Crippen LogP contribution in [-0.4, -0.2) is 42.5 Å². The molecule has 1 rings (SSSR count). The van der Waals surface area contributed by atoms with Gasteiger partial charge in [-0.2, -0.15) is 0 Å². The molecule has 20 heavy (non-hydrogen) atoms. The van der Waals surface area contributed by atoms with Crippen molar-refractivity contribution in [2.24, 2.45) is 11.7 Å². The van der Waals surface area contributed by atoms with E-state index in [-0.39, 0.29) is 5.91 Å². The summed E-state index contributed by atoms with van der Waals surface area (Å²) in [4.78, 5) is 14.1. The highest BCUT2D eigenvalue weighted by molar-refractivity contribution is 5.84. The quantitative estimate of drug-likeness (QED) is 0.717. The molecule has 0 aromatic rings. The van der Waals surface area contributed by atoms with Crippen LogP contribution in [0.4, 0.5) is 0 Å². The Balaban J connectivity index is 2.44. The van der Waals surface area contributed by atoms with Crippen LogP contribution in [0.3, 0.4) is 0 Å². The van der Waals surface area contributed by atoms with Crippen molar-refractivity contribution in [3.63, 3.8) is 0 Å². The second kappa shape index (κ2) is 7.99. The van der Waals surface area contributed by atoms with Crippen LogP contribution in [0.5, 0.6) is 0 Å². The van der Waals surface area contributed by atoms with Crippen molar-refractivity contribution in [3.05, 3.63) is 0 Å². The molecule has 4 nitrogen and oxygen atoms in total. The maximum atomic E-state index is 11.7. The zero-order valence-electron chi connectivity index (χ0n) is 13.7. The van der Waals surface area contributed by atoms with E-state index in [9.17, 15) is 4.79 Å². The number of nitrogens with one attached hydrogen (secondary N) is 1. The average Bonchev–Trinajstić information content (AvgIpc) is 2.43. The molecule has 118 valence electrons. The molecule has 0 aliphatic heterocycles. The van der Waals surface area contributed by atoms with Crippen LogP contribution < -0.4 is 11.1 Å². The standard InChI is InChI=1S/C16H33N3O/c1-5-11-18-16(3,15(17)20)10-12-19(4)14-8-6-13(2)7-9-14/h13-14,18H,5-12H2,1-4H3,(H2,17,20). The number of hydrogen-bond acceptors (Lipinski definition) is 3. The summed E-state index contributed by atoms with van der Waals surface area (Å²) in [5, 5.41) is 3.31. The van der Waals surface area contributed by atoms with Crippen molar-refractivity contribution < 1.29 is 4.79 Å². The maximum absolute atomic E-state index is 11.7. The van der Waals surface area contributed by atoms with Gasteiger partial charge >= 0.3 is 0 Å². The lowest BCUT2D eigenvalue weighted by atomic mass is 9.86. The van der Waals surface area contributed by atoms with Gasteiger partial charge in [0.15, 0.2) is 0 Å². The number of primary amides is 1. The van der Waals surface area contributed by atoms with E-state index in [0.717, 1.165) is 31.8 Å². The Morgan fingerprint density at radius 1 is 1.35 bits per heavy atom. The van der Waals surface area contributed by atoms with Crippen LogP contribution >= 0.6 is 0 Å². The van der Waals surface area contributed by atoms with Crippen LogP contribution in [-0.2, 0) is 4.79 Å². The molecule has 0 spiro atoms. The summed E-state index contributed by atoms with van der Waals surface area (Å²) < 4.78 is 0. The number of hydrogen-bond donors (Lipinski definition) is 2. The molecule has 1 atom stereocenters. The highest BCUT2D eigenvalue weighted by Gasteiger charge is 2.31. The van der Waals surface area contributed by atoms with Gasteiger partial charge in [0.1, 0.15) is 0 Å². The lowest BCUT2D eigenvalue weighted by Gasteiger charge is -2.36. The van der Waals surface area contributed by atoms with Crippen LogP contribution in [0.25, 0.3) is 0 Å². The van der Waals surface area contributed by atoms with Gasteiger partial charge in [0.25, 0.3) is 0 Å². The molecule has 1 aliphatic rings. The molecule has 0 aromatic heterocycles. The average molecular weight is 283 g/mol. The van der Waals surface area contributed by atoms with E-state index >= 15 is 0 Å². The lowest BCUT2D eigenvalue weighted by Crippen LogP contribution is -2.55. The molecule has 1 aliphatic carbocycles. The second-order valence-electron chi connectivity index (χ2n) is 6.77. The van der Waals surface area contributed by atoms with Crippen molar-refractivity contribution in [1.82, 2.24) is 10.2 Å². The maximum Gasteiger partial charge on any atom is 0.237 e. The van der Waals surface area contributed by atoms with Crippen molar-refractivity contribution in [1.29, 1.82) is 0 Å². The Kier molecular flexibility index (Phi) is 6.96. The summed E-state index contributed by atoms with van der Waals surface area (Å²) in [6.45, 7) is 8.14. The fourth-order valence-electron chi connectivity index (χ4n) is 2.97. The summed E-state index contributed by atoms with van der Waals surface area (Å²) in [5.74, 6) is 0.637. The van der Waals surface area contributed by atoms with Gasteiger partial charge in [-0.15, -0.1) is 0 Å². The number of carbonyl (C=O) groups is 1. The first-order valence-corrected chi connectivity index (χ1v) is 8.14. The van der Waals surface area contributed by atoms with E-state index in [2.05, 4.69) is 31.1 Å². The molecule has 0 bridgehead atoms. The van der Waals surface area contributed by atoms with Crippen LogP contribution in [0.1, 0.15) is 59.3 Å². The Hall–Kier alpha value is -0.610. The van der Waals surface area contributed by atoms with E-state index in [0.29, 0.717) is 6.04 Å². The predicted molar refractivity (Wildman–Crippen MR) is 84.6 cm³/mol. The lowest BCUT2D eigenvalue weighted by molar-refractivity contribution is -0.124. The topological polar surface area (TPSA) is 58.4 Å². The van der Waals surface area contributed by atoms with E-state index in [1.165, 1.54) is 25.7 Å². The fraction of sp³-hybridized carbons (Fsp3) is 0.938. The van der Waals surface area contributed by atoms with Gasteiger partial charge in [0.2, 0.25) is 5.91 Å². The third-order valence-corrected chi connectivity index (χ3v) is 4.88. The molecule has 0 radical (unpaired) electrons. The minimum Gasteiger partial charge on any atom is -0.368 e. The fourth-order valence-corrected chi connectivity index (χ4v) is 2.97. The molecule has 0 heterocycles. The first-order valence-electron chi connectivity index (χ1n) is 8.14. The summed E-state index contributed by atoms with van der Waals surface area (Å²) in [6, 6.07) is 0.675. The van der Waals surface area contributed by atoms with E-state index < -0.39 is 5.54 Å². The van der Waals surface area contributed by atoms with Crippen LogP contribution in [0, 0.1) is 5.92 Å². The van der Waals surface area contributed by atoms with Crippen molar-refractivity contribution >= 4 is 5.91 Å². The third kappa shape index (κ3) is 5.06. The molecular formula is C16H33N3O. The van der Waals surface area contributed by atoms with Gasteiger partial charge < -0.3 is 16.0 Å². The normalized spacial score (nSPS) is 26.4. The summed E-state index contributed by atoms with van der Waals surface area (Å²) in [5.41, 5.74) is 5.00. The zero-order chi connectivity index (χ0) is 15.2. The number of rotatable bonds is 8. The Morgan fingerprint density at radius 2 is 1.95 bits per heavy atom. The Bertz CT molecular complexity index is 300. The van der Waals surface area contributed by atoms with Gasteiger partial charge in [-0.1, -0.05) is 13.8 Å². The molecule has 3 N–H and O–H groups in total. The third-order valence-electron chi connectivity index (χ3n) is 4.88. The number of nitrogens with two attached hydrogens (primary N) is 1. The van der Waals surface area contributed by atoms with E-state index in [1.54, 1.807) is 0 Å². The minimum absolute atomic E-state index is 0.239. The first-order chi connectivity index (χ1) is 9.39. The van der Waals surface area contributed by atoms with Crippen LogP contribution in [0.15, 0.2) is 0 Å². The number of nitrogens with zero attached hydrogens (tertiary/aromatic N) is 1. The number of carbonyl (C=O) groups excluding carboxylic acids is 1. The molecule has 1 fully saturated rings. The zero-order valence-corrected chi connectivity index (χ0v) is 13.7. The SMILES string of the molecule is CCCNC(C)(CCN(C)C1CCC(C)CC1)C(N)=O. The second-order valence-corrected chi connectivity index (χ2v) is 6.77. The van der Waals surface area contributed by atoms with E-state index in [4.69, 9.17) is 5.73 Å². The Morgan fingerprint density at radius 3 is 2.45 bits per heavy atom. The molecule has 4 heteroatoms. The monoisotopic (exact) mass is 283 g/mol. The Labute approximate surface area is 124 Å².